The predicted molar refractivity (Wildman–Crippen MR) is 101 cm³/mol. The first-order chi connectivity index (χ1) is 12.8. The smallest absolute Gasteiger partial charge is 0.237 e. The van der Waals surface area contributed by atoms with Crippen LogP contribution in [0.25, 0.3) is 5.65 Å². The van der Waals surface area contributed by atoms with Crippen molar-refractivity contribution in [1.29, 1.82) is 0 Å². The Kier molecular flexibility index (Phi) is 4.20. The fourth-order valence-corrected chi connectivity index (χ4v) is 5.49. The molecule has 138 valence electrons. The number of rotatable bonds is 4. The van der Waals surface area contributed by atoms with Crippen molar-refractivity contribution in [2.45, 2.75) is 63.6 Å². The molecule has 1 saturated heterocycles. The molecule has 1 unspecified atom stereocenters. The number of carbonyl (C=O) groups is 1. The van der Waals surface area contributed by atoms with Crippen LogP contribution in [0.3, 0.4) is 0 Å². The van der Waals surface area contributed by atoms with Gasteiger partial charge in [-0.2, -0.15) is 0 Å². The van der Waals surface area contributed by atoms with Crippen molar-refractivity contribution in [3.63, 3.8) is 0 Å². The van der Waals surface area contributed by atoms with E-state index in [1.165, 1.54) is 37.8 Å². The number of imidazole rings is 1. The molecule has 4 atom stereocenters. The molecular formula is C21H28N4O. The highest BCUT2D eigenvalue weighted by Gasteiger charge is 2.41. The van der Waals surface area contributed by atoms with E-state index in [9.17, 15) is 4.79 Å². The van der Waals surface area contributed by atoms with E-state index in [-0.39, 0.29) is 11.9 Å². The highest BCUT2D eigenvalue weighted by Crippen LogP contribution is 2.44. The molecule has 3 heterocycles. The second-order valence-corrected chi connectivity index (χ2v) is 8.45. The van der Waals surface area contributed by atoms with E-state index in [4.69, 9.17) is 0 Å². The number of carbonyl (C=O) groups excluding carboxylic acids is 1. The number of likely N-dealkylation sites (tertiary alicyclic amines) is 1. The van der Waals surface area contributed by atoms with Crippen molar-refractivity contribution in [2.24, 2.45) is 11.8 Å². The van der Waals surface area contributed by atoms with Crippen LogP contribution in [-0.4, -0.2) is 38.8 Å². The summed E-state index contributed by atoms with van der Waals surface area (Å²) in [5, 5.41) is 3.42. The zero-order valence-electron chi connectivity index (χ0n) is 15.3. The second kappa shape index (κ2) is 6.69. The zero-order chi connectivity index (χ0) is 17.5. The molecule has 5 rings (SSSR count). The first-order valence-electron chi connectivity index (χ1n) is 10.2. The van der Waals surface area contributed by atoms with E-state index >= 15 is 0 Å². The summed E-state index contributed by atoms with van der Waals surface area (Å²) in [6, 6.07) is 6.52. The summed E-state index contributed by atoms with van der Waals surface area (Å²) < 4.78 is 2.14. The number of hydrogen-bond donors (Lipinski definition) is 1. The Morgan fingerprint density at radius 2 is 2.15 bits per heavy atom. The van der Waals surface area contributed by atoms with Crippen LogP contribution in [0.1, 0.15) is 50.6 Å². The molecule has 0 aromatic carbocycles. The molecule has 2 aromatic rings. The van der Waals surface area contributed by atoms with E-state index < -0.39 is 0 Å². The summed E-state index contributed by atoms with van der Waals surface area (Å²) in [5.74, 6) is 1.86. The number of piperidine rings is 1. The number of nitrogens with zero attached hydrogens (tertiary/aromatic N) is 3. The van der Waals surface area contributed by atoms with Gasteiger partial charge in [-0.25, -0.2) is 4.98 Å². The third kappa shape index (κ3) is 2.92. The standard InChI is InChI=1S/C21H28N4O/c26-21(23-18-12-15-7-8-16(18)11-15)19-5-1-3-9-24(19)14-17-13-22-20-6-2-4-10-25(17)20/h2,4,6,10,13,15-16,18-19H,1,3,5,7-9,11-12,14H2,(H,23,26)/t15-,16+,18+,19?/m0/s1. The van der Waals surface area contributed by atoms with Gasteiger partial charge in [-0.1, -0.05) is 18.9 Å². The van der Waals surface area contributed by atoms with Gasteiger partial charge in [-0.15, -0.1) is 0 Å². The van der Waals surface area contributed by atoms with Gasteiger partial charge in [-0.3, -0.25) is 9.69 Å². The van der Waals surface area contributed by atoms with Crippen molar-refractivity contribution in [3.8, 4) is 0 Å². The van der Waals surface area contributed by atoms with Gasteiger partial charge in [0.1, 0.15) is 5.65 Å². The molecule has 1 amide bonds. The summed E-state index contributed by atoms with van der Waals surface area (Å²) in [6.45, 7) is 1.79. The van der Waals surface area contributed by atoms with Gasteiger partial charge >= 0.3 is 0 Å². The molecular weight excluding hydrogens is 324 g/mol. The second-order valence-electron chi connectivity index (χ2n) is 8.45. The molecule has 1 N–H and O–H groups in total. The topological polar surface area (TPSA) is 49.6 Å². The van der Waals surface area contributed by atoms with Crippen LogP contribution in [0, 0.1) is 11.8 Å². The van der Waals surface area contributed by atoms with Crippen molar-refractivity contribution in [2.75, 3.05) is 6.54 Å². The number of fused-ring (bicyclic) bond motifs is 3. The van der Waals surface area contributed by atoms with Crippen LogP contribution in [0.4, 0.5) is 0 Å². The van der Waals surface area contributed by atoms with Crippen molar-refractivity contribution in [3.05, 3.63) is 36.3 Å². The monoisotopic (exact) mass is 352 g/mol. The summed E-state index contributed by atoms with van der Waals surface area (Å²) >= 11 is 0. The van der Waals surface area contributed by atoms with Crippen molar-refractivity contribution < 1.29 is 4.79 Å². The molecule has 2 aliphatic carbocycles. The number of nitrogens with one attached hydrogen (secondary N) is 1. The minimum absolute atomic E-state index is 0.0112. The Balaban J connectivity index is 1.30. The Labute approximate surface area is 154 Å². The van der Waals surface area contributed by atoms with Gasteiger partial charge in [0.15, 0.2) is 0 Å². The molecule has 2 bridgehead atoms. The highest BCUT2D eigenvalue weighted by atomic mass is 16.2. The minimum atomic E-state index is 0.0112. The molecule has 1 aliphatic heterocycles. The van der Waals surface area contributed by atoms with Crippen LogP contribution < -0.4 is 5.32 Å². The number of pyridine rings is 1. The van der Waals surface area contributed by atoms with Crippen LogP contribution >= 0.6 is 0 Å². The van der Waals surface area contributed by atoms with E-state index in [0.29, 0.717) is 6.04 Å². The highest BCUT2D eigenvalue weighted by molar-refractivity contribution is 5.82. The molecule has 0 spiro atoms. The van der Waals surface area contributed by atoms with E-state index in [1.807, 2.05) is 24.4 Å². The molecule has 2 saturated carbocycles. The summed E-state index contributed by atoms with van der Waals surface area (Å²) in [5.41, 5.74) is 2.14. The zero-order valence-corrected chi connectivity index (χ0v) is 15.3. The van der Waals surface area contributed by atoms with Crippen LogP contribution in [-0.2, 0) is 11.3 Å². The maximum absolute atomic E-state index is 13.1. The third-order valence-electron chi connectivity index (χ3n) is 6.84. The van der Waals surface area contributed by atoms with E-state index in [0.717, 1.165) is 43.4 Å². The van der Waals surface area contributed by atoms with Crippen LogP contribution in [0.2, 0.25) is 0 Å². The van der Waals surface area contributed by atoms with Crippen LogP contribution in [0.5, 0.6) is 0 Å². The van der Waals surface area contributed by atoms with Gasteiger partial charge in [0.05, 0.1) is 17.9 Å². The van der Waals surface area contributed by atoms with Crippen molar-refractivity contribution >= 4 is 11.6 Å². The lowest BCUT2D eigenvalue weighted by molar-refractivity contribution is -0.129. The summed E-state index contributed by atoms with van der Waals surface area (Å²) in [7, 11) is 0. The molecule has 5 nitrogen and oxygen atoms in total. The summed E-state index contributed by atoms with van der Waals surface area (Å²) in [4.78, 5) is 19.9. The van der Waals surface area contributed by atoms with Gasteiger partial charge in [0.25, 0.3) is 0 Å². The molecule has 26 heavy (non-hydrogen) atoms. The molecule has 2 aromatic heterocycles. The number of hydrogen-bond acceptors (Lipinski definition) is 3. The quantitative estimate of drug-likeness (QED) is 0.920. The van der Waals surface area contributed by atoms with E-state index in [2.05, 4.69) is 25.8 Å². The minimum Gasteiger partial charge on any atom is -0.352 e. The van der Waals surface area contributed by atoms with Gasteiger partial charge < -0.3 is 9.72 Å². The van der Waals surface area contributed by atoms with Crippen LogP contribution in [0.15, 0.2) is 30.6 Å². The van der Waals surface area contributed by atoms with E-state index in [1.54, 1.807) is 0 Å². The Morgan fingerprint density at radius 1 is 1.19 bits per heavy atom. The fourth-order valence-electron chi connectivity index (χ4n) is 5.49. The average Bonchev–Trinajstić information content (AvgIpc) is 3.38. The molecule has 3 aliphatic rings. The Hall–Kier alpha value is -1.88. The average molecular weight is 352 g/mol. The molecule has 3 fully saturated rings. The maximum Gasteiger partial charge on any atom is 0.237 e. The van der Waals surface area contributed by atoms with Gasteiger partial charge in [0, 0.05) is 18.8 Å². The normalized spacial score (nSPS) is 31.5. The third-order valence-corrected chi connectivity index (χ3v) is 6.84. The lowest BCUT2D eigenvalue weighted by atomic mass is 9.94. The lowest BCUT2D eigenvalue weighted by Gasteiger charge is -2.36. The lowest BCUT2D eigenvalue weighted by Crippen LogP contribution is -2.52. The fraction of sp³-hybridized carbons (Fsp3) is 0.619. The Bertz CT molecular complexity index is 800. The summed E-state index contributed by atoms with van der Waals surface area (Å²) in [6.07, 6.45) is 12.5. The van der Waals surface area contributed by atoms with Crippen molar-refractivity contribution in [1.82, 2.24) is 19.6 Å². The Morgan fingerprint density at radius 3 is 3.00 bits per heavy atom. The van der Waals surface area contributed by atoms with Gasteiger partial charge in [0.2, 0.25) is 5.91 Å². The number of aromatic nitrogens is 2. The molecule has 5 heteroatoms. The predicted octanol–water partition coefficient (Wildman–Crippen LogP) is 2.99. The largest absolute Gasteiger partial charge is 0.352 e. The SMILES string of the molecule is O=C(N[C@@H]1C[C@H]2CC[C@@H]1C2)C1CCCCN1Cc1cnc2ccccn12. The number of amides is 1. The van der Waals surface area contributed by atoms with Gasteiger partial charge in [-0.05, 0) is 62.6 Å². The first-order valence-corrected chi connectivity index (χ1v) is 10.2. The maximum atomic E-state index is 13.1. The first kappa shape index (κ1) is 16.3. The molecule has 0 radical (unpaired) electrons.